The number of hydrogen-bond donors (Lipinski definition) is 1. The number of benzene rings is 1. The standard InChI is InChI=1S/C19H26N4O3/c1-4-23-11-5-6-15(23)12-20-18(24)19-21-17(22-26-19)14-7-9-16(10-8-14)25-13(2)3/h7-10,13,15H,4-6,11-12H2,1-3H3,(H,20,24). The molecule has 3 rings (SSSR count). The first-order valence-corrected chi connectivity index (χ1v) is 9.20. The Labute approximate surface area is 153 Å². The SMILES string of the molecule is CCN1CCCC1CNC(=O)c1nc(-c2ccc(OC(C)C)cc2)no1. The van der Waals surface area contributed by atoms with Gasteiger partial charge in [-0.2, -0.15) is 4.98 Å². The zero-order valence-electron chi connectivity index (χ0n) is 15.6. The van der Waals surface area contributed by atoms with E-state index in [-0.39, 0.29) is 17.9 Å². The number of carbonyl (C=O) groups excluding carboxylic acids is 1. The third-order valence-corrected chi connectivity index (χ3v) is 4.51. The van der Waals surface area contributed by atoms with Gasteiger partial charge in [0.05, 0.1) is 6.10 Å². The summed E-state index contributed by atoms with van der Waals surface area (Å²) in [6.45, 7) is 8.79. The van der Waals surface area contributed by atoms with Crippen LogP contribution in [-0.4, -0.2) is 52.7 Å². The first-order valence-electron chi connectivity index (χ1n) is 9.20. The summed E-state index contributed by atoms with van der Waals surface area (Å²) in [7, 11) is 0. The summed E-state index contributed by atoms with van der Waals surface area (Å²) in [5.41, 5.74) is 0.775. The van der Waals surface area contributed by atoms with Crippen molar-refractivity contribution in [2.45, 2.75) is 45.8 Å². The highest BCUT2D eigenvalue weighted by molar-refractivity contribution is 5.89. The van der Waals surface area contributed by atoms with Gasteiger partial charge in [-0.3, -0.25) is 9.69 Å². The van der Waals surface area contributed by atoms with Crippen molar-refractivity contribution in [1.82, 2.24) is 20.4 Å². The fourth-order valence-corrected chi connectivity index (χ4v) is 3.22. The number of amides is 1. The number of nitrogens with zero attached hydrogens (tertiary/aromatic N) is 3. The van der Waals surface area contributed by atoms with Gasteiger partial charge in [0.25, 0.3) is 0 Å². The van der Waals surface area contributed by atoms with E-state index in [2.05, 4.69) is 27.3 Å². The van der Waals surface area contributed by atoms with Crippen molar-refractivity contribution in [3.63, 3.8) is 0 Å². The van der Waals surface area contributed by atoms with Crippen molar-refractivity contribution in [3.8, 4) is 17.1 Å². The normalized spacial score (nSPS) is 17.6. The molecule has 1 N–H and O–H groups in total. The van der Waals surface area contributed by atoms with Crippen molar-refractivity contribution in [2.75, 3.05) is 19.6 Å². The van der Waals surface area contributed by atoms with Gasteiger partial charge < -0.3 is 14.6 Å². The lowest BCUT2D eigenvalue weighted by molar-refractivity contribution is 0.0897. The zero-order chi connectivity index (χ0) is 18.5. The van der Waals surface area contributed by atoms with Gasteiger partial charge in [0.1, 0.15) is 5.75 Å². The maximum absolute atomic E-state index is 12.3. The first kappa shape index (κ1) is 18.4. The molecular weight excluding hydrogens is 332 g/mol. The minimum absolute atomic E-state index is 0.0106. The van der Waals surface area contributed by atoms with Gasteiger partial charge in [-0.1, -0.05) is 12.1 Å². The molecule has 1 fully saturated rings. The highest BCUT2D eigenvalue weighted by Gasteiger charge is 2.24. The van der Waals surface area contributed by atoms with Gasteiger partial charge >= 0.3 is 11.8 Å². The summed E-state index contributed by atoms with van der Waals surface area (Å²) in [5.74, 6) is 0.833. The molecule has 0 aliphatic carbocycles. The van der Waals surface area contributed by atoms with E-state index in [1.165, 1.54) is 6.42 Å². The Kier molecular flexibility index (Phi) is 5.88. The average Bonchev–Trinajstić information content (AvgIpc) is 3.29. The molecule has 1 saturated heterocycles. The topological polar surface area (TPSA) is 80.5 Å². The third kappa shape index (κ3) is 4.40. The largest absolute Gasteiger partial charge is 0.491 e. The van der Waals surface area contributed by atoms with E-state index < -0.39 is 0 Å². The molecule has 26 heavy (non-hydrogen) atoms. The number of nitrogens with one attached hydrogen (secondary N) is 1. The lowest BCUT2D eigenvalue weighted by atomic mass is 10.2. The van der Waals surface area contributed by atoms with Crippen LogP contribution in [0.25, 0.3) is 11.4 Å². The molecule has 1 unspecified atom stereocenters. The molecule has 0 bridgehead atoms. The van der Waals surface area contributed by atoms with E-state index in [0.717, 1.165) is 30.8 Å². The summed E-state index contributed by atoms with van der Waals surface area (Å²) in [6.07, 6.45) is 2.40. The van der Waals surface area contributed by atoms with Crippen LogP contribution in [0.2, 0.25) is 0 Å². The molecule has 2 aromatic rings. The second-order valence-electron chi connectivity index (χ2n) is 6.75. The minimum atomic E-state index is -0.327. The second-order valence-corrected chi connectivity index (χ2v) is 6.75. The molecule has 1 atom stereocenters. The number of rotatable bonds is 7. The van der Waals surface area contributed by atoms with Crippen LogP contribution in [-0.2, 0) is 0 Å². The van der Waals surface area contributed by atoms with Gasteiger partial charge in [0, 0.05) is 18.2 Å². The van der Waals surface area contributed by atoms with Gasteiger partial charge in [-0.05, 0) is 64.0 Å². The first-order chi connectivity index (χ1) is 12.6. The highest BCUT2D eigenvalue weighted by Crippen LogP contribution is 2.21. The lowest BCUT2D eigenvalue weighted by Gasteiger charge is -2.22. The molecule has 1 aromatic heterocycles. The Morgan fingerprint density at radius 2 is 2.15 bits per heavy atom. The predicted octanol–water partition coefficient (Wildman–Crippen LogP) is 2.74. The quantitative estimate of drug-likeness (QED) is 0.820. The molecule has 0 radical (unpaired) electrons. The van der Waals surface area contributed by atoms with Gasteiger partial charge in [0.2, 0.25) is 5.82 Å². The van der Waals surface area contributed by atoms with Gasteiger partial charge in [-0.25, -0.2) is 0 Å². The fourth-order valence-electron chi connectivity index (χ4n) is 3.22. The summed E-state index contributed by atoms with van der Waals surface area (Å²) in [4.78, 5) is 18.9. The molecule has 0 saturated carbocycles. The monoisotopic (exact) mass is 358 g/mol. The van der Waals surface area contributed by atoms with E-state index >= 15 is 0 Å². The third-order valence-electron chi connectivity index (χ3n) is 4.51. The fraction of sp³-hybridized carbons (Fsp3) is 0.526. The van der Waals surface area contributed by atoms with Crippen LogP contribution in [0, 0.1) is 0 Å². The van der Waals surface area contributed by atoms with Gasteiger partial charge in [0.15, 0.2) is 0 Å². The molecule has 140 valence electrons. The number of likely N-dealkylation sites (tertiary alicyclic amines) is 1. The molecule has 2 heterocycles. The van der Waals surface area contributed by atoms with Crippen LogP contribution >= 0.6 is 0 Å². The van der Waals surface area contributed by atoms with Crippen LogP contribution in [0.15, 0.2) is 28.8 Å². The summed E-state index contributed by atoms with van der Waals surface area (Å²) >= 11 is 0. The van der Waals surface area contributed by atoms with Crippen molar-refractivity contribution in [3.05, 3.63) is 30.2 Å². The zero-order valence-corrected chi connectivity index (χ0v) is 15.6. The smallest absolute Gasteiger partial charge is 0.316 e. The van der Waals surface area contributed by atoms with E-state index in [0.29, 0.717) is 18.4 Å². The van der Waals surface area contributed by atoms with Crippen LogP contribution in [0.5, 0.6) is 5.75 Å². The number of likely N-dealkylation sites (N-methyl/N-ethyl adjacent to an activating group) is 1. The Morgan fingerprint density at radius 1 is 1.38 bits per heavy atom. The Balaban J connectivity index is 1.59. The highest BCUT2D eigenvalue weighted by atomic mass is 16.5. The molecule has 7 heteroatoms. The van der Waals surface area contributed by atoms with E-state index in [4.69, 9.17) is 9.26 Å². The van der Waals surface area contributed by atoms with Crippen molar-refractivity contribution >= 4 is 5.91 Å². The summed E-state index contributed by atoms with van der Waals surface area (Å²) in [5, 5.41) is 6.81. The summed E-state index contributed by atoms with van der Waals surface area (Å²) in [6, 6.07) is 7.79. The number of carbonyl (C=O) groups is 1. The number of aromatic nitrogens is 2. The molecule has 1 amide bonds. The molecular formula is C19H26N4O3. The Morgan fingerprint density at radius 3 is 2.85 bits per heavy atom. The van der Waals surface area contributed by atoms with Crippen molar-refractivity contribution in [2.24, 2.45) is 0 Å². The van der Waals surface area contributed by atoms with Crippen LogP contribution in [0.3, 0.4) is 0 Å². The Hall–Kier alpha value is -2.41. The van der Waals surface area contributed by atoms with Crippen LogP contribution < -0.4 is 10.1 Å². The van der Waals surface area contributed by atoms with E-state index in [1.54, 1.807) is 0 Å². The number of hydrogen-bond acceptors (Lipinski definition) is 6. The Bertz CT molecular complexity index is 727. The maximum Gasteiger partial charge on any atom is 0.316 e. The maximum atomic E-state index is 12.3. The van der Waals surface area contributed by atoms with Crippen molar-refractivity contribution < 1.29 is 14.1 Å². The van der Waals surface area contributed by atoms with E-state index in [9.17, 15) is 4.79 Å². The van der Waals surface area contributed by atoms with Gasteiger partial charge in [-0.15, -0.1) is 0 Å². The number of ether oxygens (including phenoxy) is 1. The molecule has 1 aliphatic heterocycles. The van der Waals surface area contributed by atoms with Crippen LogP contribution in [0.1, 0.15) is 44.3 Å². The predicted molar refractivity (Wildman–Crippen MR) is 98.1 cm³/mol. The van der Waals surface area contributed by atoms with Crippen molar-refractivity contribution in [1.29, 1.82) is 0 Å². The molecule has 0 spiro atoms. The molecule has 7 nitrogen and oxygen atoms in total. The van der Waals surface area contributed by atoms with Crippen LogP contribution in [0.4, 0.5) is 0 Å². The average molecular weight is 358 g/mol. The lowest BCUT2D eigenvalue weighted by Crippen LogP contribution is -2.40. The van der Waals surface area contributed by atoms with E-state index in [1.807, 2.05) is 38.1 Å². The second kappa shape index (κ2) is 8.31. The summed E-state index contributed by atoms with van der Waals surface area (Å²) < 4.78 is 10.7. The minimum Gasteiger partial charge on any atom is -0.491 e. The molecule has 1 aromatic carbocycles. The molecule has 1 aliphatic rings.